The molecule has 12 nitrogen and oxygen atoms in total. The van der Waals surface area contributed by atoms with Gasteiger partial charge in [-0.1, -0.05) is 68.4 Å². The van der Waals surface area contributed by atoms with Crippen molar-refractivity contribution in [2.75, 3.05) is 34.3 Å². The Morgan fingerprint density at radius 2 is 1.35 bits per heavy atom. The molecule has 6 heterocycles. The number of likely N-dealkylation sites (N-methyl/N-ethyl adjacent to an activating group) is 1. The van der Waals surface area contributed by atoms with Gasteiger partial charge in [-0.05, 0) is 62.4 Å². The van der Waals surface area contributed by atoms with Gasteiger partial charge in [0.15, 0.2) is 0 Å². The molecule has 57 heavy (non-hydrogen) atoms. The highest BCUT2D eigenvalue weighted by atomic mass is 32.1. The first-order valence-corrected chi connectivity index (χ1v) is 21.2. The van der Waals surface area contributed by atoms with Crippen molar-refractivity contribution in [3.05, 3.63) is 95.0 Å². The number of aromatic nitrogens is 4. The molecule has 0 radical (unpaired) electrons. The minimum atomic E-state index is -0.679. The summed E-state index contributed by atoms with van der Waals surface area (Å²) in [6.45, 7) is 5.15. The smallest absolute Gasteiger partial charge is 0.407 e. The van der Waals surface area contributed by atoms with Gasteiger partial charge in [0, 0.05) is 35.0 Å². The standard InChI is InChI=1S/C43H48N8O4S2/c1-25(2)35(48-43(54)55-5)41(52)50-19-9-13-33(50)40-45-22-32(47-40)30-24-57-37-29(23-56-38(30)37)26-15-17-27(18-16-26)31-21-44-39(46-31)34-14-10-20-51(34)42(53)36(49(3)4)28-11-7-6-8-12-28/h6-8,11-12,15-18,21-25,33-36H,9-10,13-14,19-20H2,1-5H3,(H,44,46)(H,45,47)(H,48,54)/t33?,34?,35-,36?/m0/s1. The van der Waals surface area contributed by atoms with Crippen LogP contribution in [0.5, 0.6) is 0 Å². The van der Waals surface area contributed by atoms with E-state index in [4.69, 9.17) is 14.7 Å². The first-order chi connectivity index (χ1) is 27.6. The fourth-order valence-electron chi connectivity index (χ4n) is 8.29. The van der Waals surface area contributed by atoms with Crippen LogP contribution in [0, 0.1) is 5.92 Å². The first kappa shape index (κ1) is 38.6. The number of rotatable bonds is 11. The van der Waals surface area contributed by atoms with Crippen LogP contribution in [0.15, 0.2) is 77.8 Å². The molecule has 3 N–H and O–H groups in total. The Kier molecular flexibility index (Phi) is 11.0. The predicted octanol–water partition coefficient (Wildman–Crippen LogP) is 8.42. The minimum absolute atomic E-state index is 0.0955. The normalized spacial score (nSPS) is 18.2. The van der Waals surface area contributed by atoms with E-state index in [2.05, 4.69) is 50.3 Å². The van der Waals surface area contributed by atoms with Gasteiger partial charge in [0.05, 0.1) is 52.4 Å². The molecule has 2 saturated heterocycles. The number of nitrogens with one attached hydrogen (secondary N) is 3. The molecule has 8 rings (SSSR count). The minimum Gasteiger partial charge on any atom is -0.453 e. The number of fused-ring (bicyclic) bond motifs is 1. The maximum Gasteiger partial charge on any atom is 0.407 e. The number of hydrogen-bond donors (Lipinski definition) is 3. The Bertz CT molecular complexity index is 2360. The van der Waals surface area contributed by atoms with Gasteiger partial charge in [-0.2, -0.15) is 0 Å². The number of likely N-dealkylation sites (tertiary alicyclic amines) is 2. The molecule has 2 aliphatic rings. The van der Waals surface area contributed by atoms with Gasteiger partial charge in [0.25, 0.3) is 0 Å². The van der Waals surface area contributed by atoms with Crippen molar-refractivity contribution in [1.82, 2.24) is 40.0 Å². The summed E-state index contributed by atoms with van der Waals surface area (Å²) in [6.07, 6.45) is 6.59. The maximum absolute atomic E-state index is 13.9. The molecule has 2 fully saturated rings. The monoisotopic (exact) mass is 804 g/mol. The van der Waals surface area contributed by atoms with E-state index in [-0.39, 0.29) is 35.9 Å². The lowest BCUT2D eigenvalue weighted by atomic mass is 10.0. The molecule has 0 spiro atoms. The Morgan fingerprint density at radius 1 is 0.789 bits per heavy atom. The highest BCUT2D eigenvalue weighted by molar-refractivity contribution is 7.27. The van der Waals surface area contributed by atoms with Crippen LogP contribution in [0.25, 0.3) is 43.0 Å². The van der Waals surface area contributed by atoms with E-state index < -0.39 is 12.1 Å². The van der Waals surface area contributed by atoms with Crippen molar-refractivity contribution in [3.8, 4) is 33.6 Å². The van der Waals surface area contributed by atoms with Crippen LogP contribution in [-0.2, 0) is 14.3 Å². The van der Waals surface area contributed by atoms with Gasteiger partial charge in [0.2, 0.25) is 11.8 Å². The third-order valence-electron chi connectivity index (χ3n) is 11.2. The summed E-state index contributed by atoms with van der Waals surface area (Å²) in [5.74, 6) is 1.45. The Balaban J connectivity index is 0.969. The average molecular weight is 805 g/mol. The van der Waals surface area contributed by atoms with Crippen LogP contribution in [0.1, 0.15) is 74.9 Å². The number of amides is 3. The molecule has 3 unspecified atom stereocenters. The van der Waals surface area contributed by atoms with Crippen LogP contribution >= 0.6 is 22.7 Å². The van der Waals surface area contributed by atoms with Gasteiger partial charge in [-0.25, -0.2) is 14.8 Å². The lowest BCUT2D eigenvalue weighted by Crippen LogP contribution is -2.51. The predicted molar refractivity (Wildman–Crippen MR) is 225 cm³/mol. The number of H-pyrrole nitrogens is 2. The van der Waals surface area contributed by atoms with Crippen LogP contribution in [0.4, 0.5) is 4.79 Å². The number of hydrogen-bond acceptors (Lipinski definition) is 9. The lowest BCUT2D eigenvalue weighted by molar-refractivity contribution is -0.137. The molecule has 4 aromatic heterocycles. The number of thiophene rings is 2. The van der Waals surface area contributed by atoms with Crippen molar-refractivity contribution < 1.29 is 19.1 Å². The SMILES string of the molecule is COC(=O)N[C@H](C(=O)N1CCCC1c1ncc(-c2csc3c(-c4ccc(-c5cnc(C6CCCN6C(=O)C(c6ccccc6)N(C)C)[nH]5)cc4)csc23)[nH]1)C(C)C. The molecule has 0 saturated carbocycles. The summed E-state index contributed by atoms with van der Waals surface area (Å²) in [4.78, 5) is 62.1. The number of carbonyl (C=O) groups excluding carboxylic acids is 3. The highest BCUT2D eigenvalue weighted by Gasteiger charge is 2.39. The summed E-state index contributed by atoms with van der Waals surface area (Å²) in [6, 6.07) is 17.2. The molecule has 296 valence electrons. The zero-order valence-electron chi connectivity index (χ0n) is 32.8. The zero-order chi connectivity index (χ0) is 39.8. The number of aromatic amines is 2. The van der Waals surface area contributed by atoms with Gasteiger partial charge >= 0.3 is 6.09 Å². The average Bonchev–Trinajstić information content (AvgIpc) is 4.06. The summed E-state index contributed by atoms with van der Waals surface area (Å²) in [5, 5.41) is 7.11. The summed E-state index contributed by atoms with van der Waals surface area (Å²) in [7, 11) is 5.21. The fraction of sp³-hybridized carbons (Fsp3) is 0.372. The Morgan fingerprint density at radius 3 is 1.96 bits per heavy atom. The van der Waals surface area contributed by atoms with Crippen LogP contribution in [0.3, 0.4) is 0 Å². The third kappa shape index (κ3) is 7.49. The van der Waals surface area contributed by atoms with Gasteiger partial charge < -0.3 is 29.8 Å². The van der Waals surface area contributed by atoms with E-state index in [1.165, 1.54) is 22.1 Å². The van der Waals surface area contributed by atoms with Crippen molar-refractivity contribution in [2.45, 2.75) is 63.7 Å². The molecular formula is C43H48N8O4S2. The van der Waals surface area contributed by atoms with E-state index in [1.54, 1.807) is 22.7 Å². The van der Waals surface area contributed by atoms with Crippen molar-refractivity contribution in [3.63, 3.8) is 0 Å². The maximum atomic E-state index is 13.9. The number of methoxy groups -OCH3 is 1. The lowest BCUT2D eigenvalue weighted by Gasteiger charge is -2.31. The van der Waals surface area contributed by atoms with E-state index in [0.717, 1.165) is 71.0 Å². The molecule has 2 aromatic carbocycles. The zero-order valence-corrected chi connectivity index (χ0v) is 34.5. The second kappa shape index (κ2) is 16.3. The molecule has 3 amide bonds. The second-order valence-electron chi connectivity index (χ2n) is 15.4. The third-order valence-corrected chi connectivity index (χ3v) is 13.4. The van der Waals surface area contributed by atoms with Crippen molar-refractivity contribution >= 4 is 50.0 Å². The van der Waals surface area contributed by atoms with Gasteiger partial charge in [-0.15, -0.1) is 22.7 Å². The van der Waals surface area contributed by atoms with E-state index in [9.17, 15) is 14.4 Å². The summed E-state index contributed by atoms with van der Waals surface area (Å²) < 4.78 is 7.19. The second-order valence-corrected chi connectivity index (χ2v) is 17.2. The summed E-state index contributed by atoms with van der Waals surface area (Å²) >= 11 is 3.43. The van der Waals surface area contributed by atoms with Gasteiger partial charge in [0.1, 0.15) is 23.7 Å². The fourth-order valence-corrected chi connectivity index (χ4v) is 10.7. The number of benzene rings is 2. The highest BCUT2D eigenvalue weighted by Crippen LogP contribution is 2.44. The molecule has 0 aliphatic carbocycles. The van der Waals surface area contributed by atoms with Crippen LogP contribution < -0.4 is 5.32 Å². The topological polar surface area (TPSA) is 140 Å². The van der Waals surface area contributed by atoms with E-state index in [0.29, 0.717) is 13.1 Å². The van der Waals surface area contributed by atoms with Crippen LogP contribution in [-0.4, -0.2) is 92.9 Å². The largest absolute Gasteiger partial charge is 0.453 e. The van der Waals surface area contributed by atoms with Crippen LogP contribution in [0.2, 0.25) is 0 Å². The molecule has 14 heteroatoms. The van der Waals surface area contributed by atoms with Crippen molar-refractivity contribution in [1.29, 1.82) is 0 Å². The first-order valence-electron chi connectivity index (χ1n) is 19.5. The number of alkyl carbamates (subject to hydrolysis) is 1. The number of nitrogens with zero attached hydrogens (tertiary/aromatic N) is 5. The molecule has 6 aromatic rings. The summed E-state index contributed by atoms with van der Waals surface area (Å²) in [5.41, 5.74) is 7.28. The number of imidazole rings is 2. The number of carbonyl (C=O) groups is 3. The van der Waals surface area contributed by atoms with E-state index in [1.807, 2.05) is 85.4 Å². The molecule has 0 bridgehead atoms. The molecule has 4 atom stereocenters. The quantitative estimate of drug-likeness (QED) is 0.120. The molecule has 2 aliphatic heterocycles. The van der Waals surface area contributed by atoms with E-state index >= 15 is 0 Å². The molecular weight excluding hydrogens is 757 g/mol. The van der Waals surface area contributed by atoms with Gasteiger partial charge in [-0.3, -0.25) is 14.5 Å². The Labute approximate surface area is 340 Å². The number of ether oxygens (including phenoxy) is 1. The Hall–Kier alpha value is -5.31. The van der Waals surface area contributed by atoms with Crippen molar-refractivity contribution in [2.24, 2.45) is 5.92 Å².